The predicted molar refractivity (Wildman–Crippen MR) is 81.5 cm³/mol. The minimum absolute atomic E-state index is 0.0221. The molecular weight excluding hydrogens is 228 g/mol. The molecule has 0 spiro atoms. The van der Waals surface area contributed by atoms with Gasteiger partial charge in [-0.05, 0) is 33.0 Å². The SMILES string of the molecule is [2H]c1ccc2c(c1)C(C)(C)c1ccc3ccccc3c1-2. The summed E-state index contributed by atoms with van der Waals surface area (Å²) in [4.78, 5) is 0. The molecule has 0 unspecified atom stereocenters. The Hall–Kier alpha value is -2.08. The summed E-state index contributed by atoms with van der Waals surface area (Å²) in [7, 11) is 0. The van der Waals surface area contributed by atoms with Crippen LogP contribution >= 0.6 is 0 Å². The van der Waals surface area contributed by atoms with Crippen molar-refractivity contribution in [3.05, 3.63) is 71.8 Å². The summed E-state index contributed by atoms with van der Waals surface area (Å²) >= 11 is 0. The predicted octanol–water partition coefficient (Wildman–Crippen LogP) is 5.15. The Labute approximate surface area is 115 Å². The number of hydrogen-bond acceptors (Lipinski definition) is 0. The second-order valence-electron chi connectivity index (χ2n) is 5.81. The number of rotatable bonds is 0. The molecule has 0 saturated carbocycles. The van der Waals surface area contributed by atoms with Gasteiger partial charge in [0.1, 0.15) is 0 Å². The van der Waals surface area contributed by atoms with Crippen molar-refractivity contribution in [1.29, 1.82) is 0 Å². The highest BCUT2D eigenvalue weighted by Crippen LogP contribution is 2.50. The zero-order chi connectivity index (χ0) is 13.9. The standard InChI is InChI=1S/C19H16/c1-19(2)16-10-6-5-9-15(16)18-14-8-4-3-7-13(14)11-12-17(18)19/h3-12H,1-2H3/i6D. The van der Waals surface area contributed by atoms with E-state index in [2.05, 4.69) is 56.3 Å². The van der Waals surface area contributed by atoms with Crippen molar-refractivity contribution >= 4 is 10.8 Å². The molecular formula is C19H16. The largest absolute Gasteiger partial charge is 0.0623 e. The third-order valence-electron chi connectivity index (χ3n) is 4.41. The molecule has 4 rings (SSSR count). The second-order valence-corrected chi connectivity index (χ2v) is 5.81. The molecule has 0 atom stereocenters. The van der Waals surface area contributed by atoms with Crippen LogP contribution in [0.1, 0.15) is 26.3 Å². The first-order valence-corrected chi connectivity index (χ1v) is 6.73. The van der Waals surface area contributed by atoms with Crippen molar-refractivity contribution in [2.24, 2.45) is 0 Å². The Balaban J connectivity index is 2.20. The molecule has 1 aliphatic carbocycles. The van der Waals surface area contributed by atoms with E-state index in [1.54, 1.807) is 0 Å². The summed E-state index contributed by atoms with van der Waals surface area (Å²) in [5.41, 5.74) is 5.26. The van der Waals surface area contributed by atoms with Gasteiger partial charge < -0.3 is 0 Å². The maximum Gasteiger partial charge on any atom is 0.0623 e. The molecule has 0 amide bonds. The molecule has 0 aromatic heterocycles. The molecule has 0 fully saturated rings. The summed E-state index contributed by atoms with van der Waals surface area (Å²) in [6, 6.07) is 19.6. The van der Waals surface area contributed by atoms with Gasteiger partial charge in [-0.25, -0.2) is 0 Å². The van der Waals surface area contributed by atoms with Gasteiger partial charge in [0.15, 0.2) is 0 Å². The Morgan fingerprint density at radius 1 is 0.842 bits per heavy atom. The van der Waals surface area contributed by atoms with E-state index >= 15 is 0 Å². The van der Waals surface area contributed by atoms with E-state index in [-0.39, 0.29) is 5.41 Å². The van der Waals surface area contributed by atoms with E-state index in [4.69, 9.17) is 1.37 Å². The molecule has 0 aliphatic heterocycles. The fraction of sp³-hybridized carbons (Fsp3) is 0.158. The minimum atomic E-state index is -0.0221. The Morgan fingerprint density at radius 2 is 1.68 bits per heavy atom. The van der Waals surface area contributed by atoms with Gasteiger partial charge >= 0.3 is 0 Å². The van der Waals surface area contributed by atoms with Gasteiger partial charge in [-0.3, -0.25) is 0 Å². The van der Waals surface area contributed by atoms with Gasteiger partial charge in [-0.1, -0.05) is 74.5 Å². The first-order valence-electron chi connectivity index (χ1n) is 7.23. The number of hydrogen-bond donors (Lipinski definition) is 0. The monoisotopic (exact) mass is 245 g/mol. The van der Waals surface area contributed by atoms with Gasteiger partial charge in [-0.15, -0.1) is 0 Å². The Bertz CT molecular complexity index is 844. The highest BCUT2D eigenvalue weighted by atomic mass is 14.4. The Morgan fingerprint density at radius 3 is 2.58 bits per heavy atom. The van der Waals surface area contributed by atoms with Crippen LogP contribution in [0.3, 0.4) is 0 Å². The minimum Gasteiger partial charge on any atom is -0.0619 e. The van der Waals surface area contributed by atoms with Crippen molar-refractivity contribution in [2.75, 3.05) is 0 Å². The third-order valence-corrected chi connectivity index (χ3v) is 4.41. The molecule has 1 aliphatic rings. The molecule has 0 radical (unpaired) electrons. The van der Waals surface area contributed by atoms with Crippen LogP contribution in [-0.2, 0) is 5.41 Å². The third kappa shape index (κ3) is 1.29. The lowest BCUT2D eigenvalue weighted by Crippen LogP contribution is -2.14. The maximum absolute atomic E-state index is 7.91. The highest BCUT2D eigenvalue weighted by molar-refractivity contribution is 6.02. The lowest BCUT2D eigenvalue weighted by atomic mass is 9.82. The van der Waals surface area contributed by atoms with E-state index in [0.717, 1.165) is 0 Å². The summed E-state index contributed by atoms with van der Waals surface area (Å²) in [6.07, 6.45) is 0. The lowest BCUT2D eigenvalue weighted by molar-refractivity contribution is 0.661. The molecule has 19 heavy (non-hydrogen) atoms. The van der Waals surface area contributed by atoms with E-state index in [0.29, 0.717) is 6.04 Å². The van der Waals surface area contributed by atoms with Crippen molar-refractivity contribution < 1.29 is 1.37 Å². The fourth-order valence-electron chi connectivity index (χ4n) is 3.39. The average Bonchev–Trinajstić information content (AvgIpc) is 2.68. The quantitative estimate of drug-likeness (QED) is 0.514. The molecule has 0 bridgehead atoms. The highest BCUT2D eigenvalue weighted by Gasteiger charge is 2.35. The van der Waals surface area contributed by atoms with E-state index in [1.807, 2.05) is 12.1 Å². The van der Waals surface area contributed by atoms with Crippen molar-refractivity contribution in [1.82, 2.24) is 0 Å². The first-order chi connectivity index (χ1) is 9.59. The van der Waals surface area contributed by atoms with Crippen LogP contribution in [0.4, 0.5) is 0 Å². The summed E-state index contributed by atoms with van der Waals surface area (Å²) in [5.74, 6) is 0. The zero-order valence-electron chi connectivity index (χ0n) is 12.2. The van der Waals surface area contributed by atoms with Crippen LogP contribution in [-0.4, -0.2) is 0 Å². The summed E-state index contributed by atoms with van der Waals surface area (Å²) in [5, 5.41) is 2.60. The van der Waals surface area contributed by atoms with Crippen LogP contribution in [0.15, 0.2) is 60.6 Å². The van der Waals surface area contributed by atoms with Crippen LogP contribution in [0, 0.1) is 0 Å². The van der Waals surface area contributed by atoms with Gasteiger partial charge in [0, 0.05) is 5.41 Å². The van der Waals surface area contributed by atoms with Gasteiger partial charge in [0.2, 0.25) is 0 Å². The number of benzene rings is 3. The van der Waals surface area contributed by atoms with Crippen molar-refractivity contribution in [3.8, 4) is 11.1 Å². The maximum atomic E-state index is 7.91. The number of fused-ring (bicyclic) bond motifs is 5. The zero-order valence-corrected chi connectivity index (χ0v) is 11.2. The van der Waals surface area contributed by atoms with E-state index < -0.39 is 0 Å². The molecule has 0 heterocycles. The normalized spacial score (nSPS) is 16.0. The molecule has 0 heteroatoms. The topological polar surface area (TPSA) is 0 Å². The average molecular weight is 245 g/mol. The van der Waals surface area contributed by atoms with Gasteiger partial charge in [0.25, 0.3) is 0 Å². The van der Waals surface area contributed by atoms with Crippen LogP contribution < -0.4 is 0 Å². The smallest absolute Gasteiger partial charge is 0.0619 e. The van der Waals surface area contributed by atoms with Crippen LogP contribution in [0.25, 0.3) is 21.9 Å². The molecule has 3 aromatic rings. The fourth-order valence-corrected chi connectivity index (χ4v) is 3.39. The van der Waals surface area contributed by atoms with Crippen LogP contribution in [0.2, 0.25) is 0 Å². The summed E-state index contributed by atoms with van der Waals surface area (Å²) < 4.78 is 7.91. The molecule has 0 saturated heterocycles. The van der Waals surface area contributed by atoms with E-state index in [1.165, 1.54) is 33.0 Å². The summed E-state index contributed by atoms with van der Waals surface area (Å²) in [6.45, 7) is 4.51. The van der Waals surface area contributed by atoms with E-state index in [9.17, 15) is 0 Å². The first kappa shape index (κ1) is 9.80. The second kappa shape index (κ2) is 3.48. The lowest BCUT2D eigenvalue weighted by Gasteiger charge is -2.21. The van der Waals surface area contributed by atoms with Gasteiger partial charge in [0.05, 0.1) is 1.37 Å². The molecule has 3 aromatic carbocycles. The van der Waals surface area contributed by atoms with Crippen molar-refractivity contribution in [3.63, 3.8) is 0 Å². The van der Waals surface area contributed by atoms with Gasteiger partial charge in [-0.2, -0.15) is 0 Å². The molecule has 92 valence electrons. The molecule has 0 N–H and O–H groups in total. The van der Waals surface area contributed by atoms with Crippen LogP contribution in [0.5, 0.6) is 0 Å². The Kier molecular flexibility index (Phi) is 1.79. The van der Waals surface area contributed by atoms with Crippen molar-refractivity contribution in [2.45, 2.75) is 19.3 Å². The molecule has 0 nitrogen and oxygen atoms in total.